The standard InChI is InChI=1S/C16H16N2O4S2/c1-10(2)22-13(19)8-18-15(20)14-16(18)24-23-12(17-14)9-21-11-6-4-3-5-7-11/h3-7,14,16H,1,8-9H2,2H3. The molecule has 3 rings (SSSR count). The molecule has 0 saturated carbocycles. The third-order valence-corrected chi connectivity index (χ3v) is 6.01. The molecule has 0 N–H and O–H groups in total. The number of β-lactam (4-membered cyclic amide) rings is 1. The van der Waals surface area contributed by atoms with E-state index in [-0.39, 0.29) is 17.8 Å². The predicted molar refractivity (Wildman–Crippen MR) is 94.7 cm³/mol. The molecule has 1 aromatic carbocycles. The molecule has 0 aromatic heterocycles. The summed E-state index contributed by atoms with van der Waals surface area (Å²) in [4.78, 5) is 29.7. The van der Waals surface area contributed by atoms with Crippen LogP contribution < -0.4 is 4.74 Å². The van der Waals surface area contributed by atoms with Crippen molar-refractivity contribution in [1.82, 2.24) is 4.90 Å². The van der Waals surface area contributed by atoms with E-state index in [0.29, 0.717) is 12.4 Å². The van der Waals surface area contributed by atoms with Crippen molar-refractivity contribution >= 4 is 38.5 Å². The minimum atomic E-state index is -0.484. The summed E-state index contributed by atoms with van der Waals surface area (Å²) in [7, 11) is 2.98. The van der Waals surface area contributed by atoms with Gasteiger partial charge in [0.2, 0.25) is 0 Å². The maximum Gasteiger partial charge on any atom is 0.330 e. The fourth-order valence-electron chi connectivity index (χ4n) is 2.27. The summed E-state index contributed by atoms with van der Waals surface area (Å²) in [6.07, 6.45) is 0. The van der Waals surface area contributed by atoms with Crippen LogP contribution in [0.2, 0.25) is 0 Å². The molecule has 1 saturated heterocycles. The molecule has 1 fully saturated rings. The van der Waals surface area contributed by atoms with Gasteiger partial charge in [0.25, 0.3) is 5.91 Å². The van der Waals surface area contributed by atoms with Crippen molar-refractivity contribution in [3.05, 3.63) is 42.7 Å². The molecule has 2 atom stereocenters. The Labute approximate surface area is 147 Å². The number of carbonyl (C=O) groups is 2. The van der Waals surface area contributed by atoms with E-state index in [1.807, 2.05) is 30.3 Å². The van der Waals surface area contributed by atoms with Gasteiger partial charge in [-0.2, -0.15) is 0 Å². The quantitative estimate of drug-likeness (QED) is 0.334. The van der Waals surface area contributed by atoms with E-state index in [1.54, 1.807) is 6.92 Å². The minimum Gasteiger partial charge on any atom is -0.487 e. The highest BCUT2D eigenvalue weighted by Gasteiger charge is 2.51. The Balaban J connectivity index is 1.54. The van der Waals surface area contributed by atoms with Crippen LogP contribution in [-0.2, 0) is 14.3 Å². The maximum absolute atomic E-state index is 12.2. The number of rotatable bonds is 6. The normalized spacial score (nSPS) is 22.1. The van der Waals surface area contributed by atoms with Crippen molar-refractivity contribution in [2.45, 2.75) is 18.3 Å². The van der Waals surface area contributed by atoms with Gasteiger partial charge in [0.05, 0.1) is 5.76 Å². The molecule has 1 amide bonds. The van der Waals surface area contributed by atoms with Crippen LogP contribution in [0.15, 0.2) is 47.7 Å². The molecule has 0 bridgehead atoms. The van der Waals surface area contributed by atoms with Crippen LogP contribution in [0, 0.1) is 0 Å². The molecule has 2 heterocycles. The molecule has 8 heteroatoms. The van der Waals surface area contributed by atoms with Gasteiger partial charge in [-0.25, -0.2) is 4.79 Å². The topological polar surface area (TPSA) is 68.2 Å². The zero-order chi connectivity index (χ0) is 17.1. The Bertz CT molecular complexity index is 693. The van der Waals surface area contributed by atoms with Crippen LogP contribution in [0.25, 0.3) is 0 Å². The highest BCUT2D eigenvalue weighted by Crippen LogP contribution is 2.44. The number of fused-ring (bicyclic) bond motifs is 1. The number of nitrogens with zero attached hydrogens (tertiary/aromatic N) is 2. The molecular weight excluding hydrogens is 348 g/mol. The number of benzene rings is 1. The molecule has 2 aliphatic heterocycles. The molecule has 6 nitrogen and oxygen atoms in total. The van der Waals surface area contributed by atoms with Gasteiger partial charge >= 0.3 is 5.97 Å². The van der Waals surface area contributed by atoms with Gasteiger partial charge in [-0.15, -0.1) is 0 Å². The molecule has 0 spiro atoms. The van der Waals surface area contributed by atoms with Gasteiger partial charge in [-0.1, -0.05) is 35.6 Å². The SMILES string of the molecule is C=C(C)OC(=O)CN1C(=O)C2N=C(COc3ccccc3)SSC21. The fraction of sp³-hybridized carbons (Fsp3) is 0.312. The Hall–Kier alpha value is -1.93. The molecule has 2 unspecified atom stereocenters. The first kappa shape index (κ1) is 16.9. The predicted octanol–water partition coefficient (Wildman–Crippen LogP) is 2.47. The first-order chi connectivity index (χ1) is 11.5. The lowest BCUT2D eigenvalue weighted by molar-refractivity contribution is -0.153. The van der Waals surface area contributed by atoms with Crippen LogP contribution in [-0.4, -0.2) is 46.4 Å². The van der Waals surface area contributed by atoms with Gasteiger partial charge in [-0.3, -0.25) is 9.79 Å². The summed E-state index contributed by atoms with van der Waals surface area (Å²) in [6, 6.07) is 9.01. The van der Waals surface area contributed by atoms with Crippen molar-refractivity contribution in [2.24, 2.45) is 4.99 Å². The Kier molecular flexibility index (Phi) is 5.15. The van der Waals surface area contributed by atoms with Crippen molar-refractivity contribution in [3.8, 4) is 5.75 Å². The summed E-state index contributed by atoms with van der Waals surface area (Å²) in [5.74, 6) is 0.427. The van der Waals surface area contributed by atoms with E-state index in [2.05, 4.69) is 11.6 Å². The third kappa shape index (κ3) is 3.76. The van der Waals surface area contributed by atoms with Gasteiger partial charge in [-0.05, 0) is 29.9 Å². The average molecular weight is 364 g/mol. The second-order valence-corrected chi connectivity index (χ2v) is 7.67. The first-order valence-electron chi connectivity index (χ1n) is 7.29. The highest BCUT2D eigenvalue weighted by molar-refractivity contribution is 8.82. The number of para-hydroxylation sites is 1. The maximum atomic E-state index is 12.2. The summed E-state index contributed by atoms with van der Waals surface area (Å²) >= 11 is 0. The highest BCUT2D eigenvalue weighted by atomic mass is 33.1. The second kappa shape index (κ2) is 7.31. The molecule has 24 heavy (non-hydrogen) atoms. The van der Waals surface area contributed by atoms with Gasteiger partial charge in [0.1, 0.15) is 29.3 Å². The molecule has 2 aliphatic rings. The molecular formula is C16H16N2O4S2. The zero-order valence-electron chi connectivity index (χ0n) is 13.0. The average Bonchev–Trinajstić information content (AvgIpc) is 2.58. The second-order valence-electron chi connectivity index (χ2n) is 5.28. The lowest BCUT2D eigenvalue weighted by Gasteiger charge is -2.45. The van der Waals surface area contributed by atoms with Crippen LogP contribution in [0.5, 0.6) is 5.75 Å². The third-order valence-electron chi connectivity index (χ3n) is 3.33. The summed E-state index contributed by atoms with van der Waals surface area (Å²) < 4.78 is 10.5. The molecule has 126 valence electrons. The first-order valence-corrected chi connectivity index (χ1v) is 9.50. The van der Waals surface area contributed by atoms with E-state index in [9.17, 15) is 9.59 Å². The smallest absolute Gasteiger partial charge is 0.330 e. The van der Waals surface area contributed by atoms with Crippen molar-refractivity contribution in [1.29, 1.82) is 0 Å². The van der Waals surface area contributed by atoms with Crippen LogP contribution in [0.1, 0.15) is 6.92 Å². The lowest BCUT2D eigenvalue weighted by atomic mass is 10.1. The number of ether oxygens (including phenoxy) is 2. The van der Waals surface area contributed by atoms with E-state index in [0.717, 1.165) is 10.8 Å². The monoisotopic (exact) mass is 364 g/mol. The largest absolute Gasteiger partial charge is 0.487 e. The van der Waals surface area contributed by atoms with E-state index in [4.69, 9.17) is 9.47 Å². The number of aliphatic imine (C=N–C) groups is 1. The van der Waals surface area contributed by atoms with Crippen molar-refractivity contribution in [2.75, 3.05) is 13.2 Å². The summed E-state index contributed by atoms with van der Waals surface area (Å²) in [6.45, 7) is 5.35. The van der Waals surface area contributed by atoms with Crippen LogP contribution >= 0.6 is 21.6 Å². The number of likely N-dealkylation sites (tertiary alicyclic amines) is 1. The summed E-state index contributed by atoms with van der Waals surface area (Å²) in [5, 5.41) is 0.628. The molecule has 0 aliphatic carbocycles. The van der Waals surface area contributed by atoms with Gasteiger partial charge < -0.3 is 14.4 Å². The Morgan fingerprint density at radius 3 is 2.83 bits per heavy atom. The number of hydrogen-bond acceptors (Lipinski definition) is 7. The molecule has 0 radical (unpaired) electrons. The summed E-state index contributed by atoms with van der Waals surface area (Å²) in [5.41, 5.74) is 0. The van der Waals surface area contributed by atoms with E-state index < -0.39 is 12.0 Å². The Morgan fingerprint density at radius 2 is 2.12 bits per heavy atom. The van der Waals surface area contributed by atoms with Crippen molar-refractivity contribution in [3.63, 3.8) is 0 Å². The van der Waals surface area contributed by atoms with Gasteiger partial charge in [0, 0.05) is 0 Å². The number of hydrogen-bond donors (Lipinski definition) is 0. The van der Waals surface area contributed by atoms with E-state index >= 15 is 0 Å². The van der Waals surface area contributed by atoms with Crippen LogP contribution in [0.4, 0.5) is 0 Å². The number of amides is 1. The van der Waals surface area contributed by atoms with E-state index in [1.165, 1.54) is 26.5 Å². The van der Waals surface area contributed by atoms with Crippen LogP contribution in [0.3, 0.4) is 0 Å². The number of carbonyl (C=O) groups excluding carboxylic acids is 2. The minimum absolute atomic E-state index is 0.0776. The number of allylic oxidation sites excluding steroid dienone is 1. The van der Waals surface area contributed by atoms with Crippen molar-refractivity contribution < 1.29 is 19.1 Å². The van der Waals surface area contributed by atoms with Gasteiger partial charge in [0.15, 0.2) is 6.04 Å². The fourth-order valence-corrected chi connectivity index (χ4v) is 4.84. The number of esters is 1. The zero-order valence-corrected chi connectivity index (χ0v) is 14.6. The lowest BCUT2D eigenvalue weighted by Crippen LogP contribution is -2.64. The Morgan fingerprint density at radius 1 is 1.38 bits per heavy atom. The molecule has 1 aromatic rings.